The van der Waals surface area contributed by atoms with E-state index in [1.165, 1.54) is 12.3 Å². The lowest BCUT2D eigenvalue weighted by atomic mass is 10.1. The minimum absolute atomic E-state index is 0.107. The van der Waals surface area contributed by atoms with Gasteiger partial charge in [-0.15, -0.1) is 13.2 Å². The van der Waals surface area contributed by atoms with Crippen molar-refractivity contribution in [1.29, 1.82) is 0 Å². The molecular formula is C12H7F3N2. The fraction of sp³-hybridized carbons (Fsp3) is 0.0833. The molecule has 0 aliphatic carbocycles. The molecule has 0 saturated heterocycles. The Morgan fingerprint density at radius 2 is 1.76 bits per heavy atom. The maximum absolute atomic E-state index is 12.8. The molecule has 0 amide bonds. The SMILES string of the molecule is FC(F)(F)n1ccc2ccc3cccnc3c21. The number of nitrogens with zero attached hydrogens (tertiary/aromatic N) is 2. The number of rotatable bonds is 0. The van der Waals surface area contributed by atoms with Gasteiger partial charge >= 0.3 is 6.30 Å². The third-order valence-corrected chi connectivity index (χ3v) is 2.70. The number of alkyl halides is 3. The van der Waals surface area contributed by atoms with Gasteiger partial charge in [0.15, 0.2) is 0 Å². The first kappa shape index (κ1) is 10.1. The van der Waals surface area contributed by atoms with Gasteiger partial charge in [-0.1, -0.05) is 18.2 Å². The van der Waals surface area contributed by atoms with E-state index < -0.39 is 6.30 Å². The Bertz CT molecular complexity index is 698. The van der Waals surface area contributed by atoms with Gasteiger partial charge in [0.1, 0.15) is 0 Å². The number of benzene rings is 1. The van der Waals surface area contributed by atoms with E-state index >= 15 is 0 Å². The van der Waals surface area contributed by atoms with E-state index in [-0.39, 0.29) is 5.52 Å². The molecule has 3 rings (SSSR count). The van der Waals surface area contributed by atoms with Crippen LogP contribution in [0.4, 0.5) is 13.2 Å². The lowest BCUT2D eigenvalue weighted by Gasteiger charge is -2.10. The zero-order valence-corrected chi connectivity index (χ0v) is 8.57. The summed E-state index contributed by atoms with van der Waals surface area (Å²) < 4.78 is 38.7. The van der Waals surface area contributed by atoms with Crippen LogP contribution in [0.5, 0.6) is 0 Å². The molecule has 3 aromatic rings. The predicted octanol–water partition coefficient (Wildman–Crippen LogP) is 3.67. The summed E-state index contributed by atoms with van der Waals surface area (Å²) in [6.45, 7) is 0. The average Bonchev–Trinajstić information content (AvgIpc) is 2.72. The normalized spacial score (nSPS) is 12.4. The van der Waals surface area contributed by atoms with Gasteiger partial charge in [-0.25, -0.2) is 0 Å². The standard InChI is InChI=1S/C12H7F3N2/c13-12(14,15)17-7-5-9-4-3-8-2-1-6-16-10(8)11(9)17/h1-7H. The van der Waals surface area contributed by atoms with Gasteiger partial charge < -0.3 is 0 Å². The van der Waals surface area contributed by atoms with E-state index in [1.807, 2.05) is 0 Å². The molecule has 1 aromatic carbocycles. The Hall–Kier alpha value is -2.04. The number of aromatic nitrogens is 2. The van der Waals surface area contributed by atoms with Crippen molar-refractivity contribution < 1.29 is 13.2 Å². The zero-order chi connectivity index (χ0) is 12.0. The highest BCUT2D eigenvalue weighted by atomic mass is 19.4. The molecule has 0 atom stereocenters. The van der Waals surface area contributed by atoms with Gasteiger partial charge in [0.05, 0.1) is 11.0 Å². The lowest BCUT2D eigenvalue weighted by molar-refractivity contribution is -0.200. The third kappa shape index (κ3) is 1.46. The number of halogens is 3. The van der Waals surface area contributed by atoms with Crippen molar-refractivity contribution >= 4 is 21.8 Å². The molecule has 0 spiro atoms. The Balaban J connectivity index is 2.51. The monoisotopic (exact) mass is 236 g/mol. The van der Waals surface area contributed by atoms with Gasteiger partial charge in [0.25, 0.3) is 0 Å². The molecule has 2 aromatic heterocycles. The molecule has 5 heteroatoms. The van der Waals surface area contributed by atoms with Gasteiger partial charge in [-0.3, -0.25) is 9.55 Å². The number of pyridine rings is 1. The fourth-order valence-electron chi connectivity index (χ4n) is 1.97. The van der Waals surface area contributed by atoms with Crippen LogP contribution in [0, 0.1) is 0 Å². The fourth-order valence-corrected chi connectivity index (χ4v) is 1.97. The molecule has 0 unspecified atom stereocenters. The topological polar surface area (TPSA) is 17.8 Å². The highest BCUT2D eigenvalue weighted by molar-refractivity contribution is 6.03. The second-order valence-corrected chi connectivity index (χ2v) is 3.73. The van der Waals surface area contributed by atoms with Gasteiger partial charge in [-0.05, 0) is 12.1 Å². The van der Waals surface area contributed by atoms with Crippen LogP contribution < -0.4 is 0 Å². The molecule has 17 heavy (non-hydrogen) atoms. The first-order valence-electron chi connectivity index (χ1n) is 4.99. The summed E-state index contributed by atoms with van der Waals surface area (Å²) in [5, 5.41) is 1.23. The van der Waals surface area contributed by atoms with Crippen molar-refractivity contribution in [1.82, 2.24) is 9.55 Å². The number of hydrogen-bond donors (Lipinski definition) is 0. The number of hydrogen-bond acceptors (Lipinski definition) is 1. The van der Waals surface area contributed by atoms with Crippen LogP contribution in [0.25, 0.3) is 21.8 Å². The van der Waals surface area contributed by atoms with Crippen LogP contribution >= 0.6 is 0 Å². The van der Waals surface area contributed by atoms with Gasteiger partial charge in [0.2, 0.25) is 0 Å². The lowest BCUT2D eigenvalue weighted by Crippen LogP contribution is -2.15. The van der Waals surface area contributed by atoms with Crippen molar-refractivity contribution in [3.05, 3.63) is 42.7 Å². The Kier molecular flexibility index (Phi) is 1.92. The quantitative estimate of drug-likeness (QED) is 0.582. The highest BCUT2D eigenvalue weighted by Crippen LogP contribution is 2.32. The summed E-state index contributed by atoms with van der Waals surface area (Å²) in [4.78, 5) is 4.03. The van der Waals surface area contributed by atoms with E-state index in [4.69, 9.17) is 0 Å². The molecule has 0 aliphatic heterocycles. The molecule has 2 nitrogen and oxygen atoms in total. The largest absolute Gasteiger partial charge is 0.488 e. The molecule has 0 aliphatic rings. The van der Waals surface area contributed by atoms with Crippen LogP contribution in [0.15, 0.2) is 42.7 Å². The van der Waals surface area contributed by atoms with Gasteiger partial charge in [-0.2, -0.15) is 0 Å². The summed E-state index contributed by atoms with van der Waals surface area (Å²) in [5.41, 5.74) is 0.475. The summed E-state index contributed by atoms with van der Waals surface area (Å²) in [6, 6.07) is 8.33. The van der Waals surface area contributed by atoms with Crippen LogP contribution in [0.3, 0.4) is 0 Å². The van der Waals surface area contributed by atoms with E-state index in [0.29, 0.717) is 20.9 Å². The second kappa shape index (κ2) is 3.23. The molecular weight excluding hydrogens is 229 g/mol. The summed E-state index contributed by atoms with van der Waals surface area (Å²) in [5.74, 6) is 0. The predicted molar refractivity (Wildman–Crippen MR) is 58.5 cm³/mol. The first-order valence-corrected chi connectivity index (χ1v) is 4.99. The molecule has 0 fully saturated rings. The van der Waals surface area contributed by atoms with Crippen LogP contribution in [0.2, 0.25) is 0 Å². The number of fused-ring (bicyclic) bond motifs is 3. The minimum atomic E-state index is -4.42. The maximum Gasteiger partial charge on any atom is 0.488 e. The third-order valence-electron chi connectivity index (χ3n) is 2.70. The van der Waals surface area contributed by atoms with Crippen molar-refractivity contribution in [3.63, 3.8) is 0 Å². The van der Waals surface area contributed by atoms with E-state index in [1.54, 1.807) is 24.3 Å². The zero-order valence-electron chi connectivity index (χ0n) is 8.57. The molecule has 86 valence electrons. The first-order chi connectivity index (χ1) is 8.07. The van der Waals surface area contributed by atoms with Crippen LogP contribution in [-0.2, 0) is 6.30 Å². The molecule has 0 bridgehead atoms. The van der Waals surface area contributed by atoms with Crippen LogP contribution in [-0.4, -0.2) is 9.55 Å². The smallest absolute Gasteiger partial charge is 0.257 e. The minimum Gasteiger partial charge on any atom is -0.257 e. The molecule has 0 saturated carbocycles. The van der Waals surface area contributed by atoms with E-state index in [0.717, 1.165) is 6.20 Å². The van der Waals surface area contributed by atoms with E-state index in [9.17, 15) is 13.2 Å². The Morgan fingerprint density at radius 1 is 1.00 bits per heavy atom. The summed E-state index contributed by atoms with van der Waals surface area (Å²) in [7, 11) is 0. The van der Waals surface area contributed by atoms with Crippen molar-refractivity contribution in [3.8, 4) is 0 Å². The molecule has 2 heterocycles. The van der Waals surface area contributed by atoms with Crippen molar-refractivity contribution in [2.45, 2.75) is 6.30 Å². The Morgan fingerprint density at radius 3 is 2.53 bits per heavy atom. The highest BCUT2D eigenvalue weighted by Gasteiger charge is 2.32. The summed E-state index contributed by atoms with van der Waals surface area (Å²) in [6.07, 6.45) is -1.90. The van der Waals surface area contributed by atoms with Gasteiger partial charge in [0, 0.05) is 23.2 Å². The Labute approximate surface area is 94.3 Å². The molecule has 0 radical (unpaired) electrons. The van der Waals surface area contributed by atoms with Crippen LogP contribution in [0.1, 0.15) is 0 Å². The van der Waals surface area contributed by atoms with Crippen molar-refractivity contribution in [2.75, 3.05) is 0 Å². The molecule has 0 N–H and O–H groups in total. The second-order valence-electron chi connectivity index (χ2n) is 3.73. The summed E-state index contributed by atoms with van der Waals surface area (Å²) >= 11 is 0. The average molecular weight is 236 g/mol. The van der Waals surface area contributed by atoms with Crippen molar-refractivity contribution in [2.24, 2.45) is 0 Å². The van der Waals surface area contributed by atoms with E-state index in [2.05, 4.69) is 4.98 Å². The maximum atomic E-state index is 12.8.